The molecule has 0 saturated carbocycles. The number of nitrogens with one attached hydrogen (secondary N) is 1. The van der Waals surface area contributed by atoms with Gasteiger partial charge >= 0.3 is 0 Å². The first-order valence-electron chi connectivity index (χ1n) is 12.9. The van der Waals surface area contributed by atoms with E-state index >= 15 is 0 Å². The van der Waals surface area contributed by atoms with Gasteiger partial charge in [0.05, 0.1) is 6.67 Å². The number of carbonyl (C=O) groups excluding carboxylic acids is 1. The van der Waals surface area contributed by atoms with Gasteiger partial charge in [0, 0.05) is 25.3 Å². The van der Waals surface area contributed by atoms with E-state index in [0.717, 1.165) is 57.4 Å². The average molecular weight is 464 g/mol. The Balaban J connectivity index is 1.17. The van der Waals surface area contributed by atoms with Gasteiger partial charge in [-0.25, -0.2) is 0 Å². The number of rotatable bonds is 4. The largest absolute Gasteiger partial charge is 0.339 e. The predicted octanol–water partition coefficient (Wildman–Crippen LogP) is 5.04. The quantitative estimate of drug-likeness (QED) is 0.589. The van der Waals surface area contributed by atoms with Crippen molar-refractivity contribution in [2.75, 3.05) is 31.2 Å². The SMILES string of the molecule is O=C1NCN(c2ccccc2)C12CCN(CCC=C1c3ccccc3CCc3ccccc31)CC2. The molecule has 0 unspecified atom stereocenters. The minimum absolute atomic E-state index is 0.190. The molecule has 3 aromatic carbocycles. The van der Waals surface area contributed by atoms with Crippen LogP contribution in [0.4, 0.5) is 5.69 Å². The summed E-state index contributed by atoms with van der Waals surface area (Å²) >= 11 is 0. The van der Waals surface area contributed by atoms with Crippen molar-refractivity contribution in [2.24, 2.45) is 0 Å². The van der Waals surface area contributed by atoms with Gasteiger partial charge in [-0.3, -0.25) is 4.79 Å². The molecule has 2 saturated heterocycles. The van der Waals surface area contributed by atoms with Gasteiger partial charge in [0.15, 0.2) is 0 Å². The Hall–Kier alpha value is -3.37. The minimum atomic E-state index is -0.407. The maximum absolute atomic E-state index is 12.9. The van der Waals surface area contributed by atoms with Crippen LogP contribution in [0.25, 0.3) is 5.57 Å². The number of hydrogen-bond donors (Lipinski definition) is 1. The Morgan fingerprint density at radius 3 is 2.06 bits per heavy atom. The van der Waals surface area contributed by atoms with Crippen molar-refractivity contribution in [2.45, 2.75) is 37.6 Å². The zero-order chi connectivity index (χ0) is 23.7. The van der Waals surface area contributed by atoms with E-state index in [1.54, 1.807) is 0 Å². The van der Waals surface area contributed by atoms with Crippen LogP contribution < -0.4 is 10.2 Å². The third kappa shape index (κ3) is 4.06. The number of likely N-dealkylation sites (tertiary alicyclic amines) is 1. The maximum atomic E-state index is 12.9. The van der Waals surface area contributed by atoms with Crippen LogP contribution in [0.5, 0.6) is 0 Å². The van der Waals surface area contributed by atoms with Gasteiger partial charge in [-0.05, 0) is 72.1 Å². The van der Waals surface area contributed by atoms with E-state index < -0.39 is 5.54 Å². The minimum Gasteiger partial charge on any atom is -0.339 e. The molecule has 1 amide bonds. The zero-order valence-corrected chi connectivity index (χ0v) is 20.2. The highest BCUT2D eigenvalue weighted by atomic mass is 16.2. The highest BCUT2D eigenvalue weighted by Crippen LogP contribution is 2.37. The normalized spacial score (nSPS) is 19.1. The molecule has 0 bridgehead atoms. The molecule has 0 aromatic heterocycles. The molecule has 178 valence electrons. The molecule has 6 rings (SSSR count). The van der Waals surface area contributed by atoms with Crippen LogP contribution in [-0.2, 0) is 17.6 Å². The highest BCUT2D eigenvalue weighted by molar-refractivity contribution is 5.93. The summed E-state index contributed by atoms with van der Waals surface area (Å²) in [5.74, 6) is 0.190. The Bertz CT molecular complexity index is 1190. The second kappa shape index (κ2) is 9.35. The van der Waals surface area contributed by atoms with E-state index in [0.29, 0.717) is 6.67 Å². The number of fused-ring (bicyclic) bond motifs is 2. The van der Waals surface area contributed by atoms with Crippen LogP contribution >= 0.6 is 0 Å². The van der Waals surface area contributed by atoms with E-state index in [1.165, 1.54) is 27.8 Å². The van der Waals surface area contributed by atoms with Crippen molar-refractivity contribution in [1.82, 2.24) is 10.2 Å². The van der Waals surface area contributed by atoms with Gasteiger partial charge in [-0.15, -0.1) is 0 Å². The summed E-state index contributed by atoms with van der Waals surface area (Å²) in [5, 5.41) is 3.11. The first-order chi connectivity index (χ1) is 17.2. The molecule has 4 heteroatoms. The smallest absolute Gasteiger partial charge is 0.247 e. The van der Waals surface area contributed by atoms with E-state index in [2.05, 4.69) is 94.0 Å². The lowest BCUT2D eigenvalue weighted by Gasteiger charge is -2.43. The van der Waals surface area contributed by atoms with Gasteiger partial charge in [0.25, 0.3) is 0 Å². The summed E-state index contributed by atoms with van der Waals surface area (Å²) in [5.41, 5.74) is 7.77. The fourth-order valence-electron chi connectivity index (χ4n) is 6.21. The standard InChI is InChI=1S/C31H33N3O/c35-30-31(34(23-32-30)26-11-2-1-3-12-26)18-21-33(22-19-31)20-8-15-29-27-13-6-4-9-24(27)16-17-25-10-5-7-14-28(25)29/h1-7,9-15H,8,16-23H2,(H,32,35). The Kier molecular flexibility index (Phi) is 5.91. The number of amides is 1. The lowest BCUT2D eigenvalue weighted by atomic mass is 9.85. The number of anilines is 1. The van der Waals surface area contributed by atoms with Crippen LogP contribution in [-0.4, -0.2) is 42.6 Å². The molecule has 1 spiro atoms. The second-order valence-corrected chi connectivity index (χ2v) is 10.0. The molecule has 35 heavy (non-hydrogen) atoms. The fraction of sp³-hybridized carbons (Fsp3) is 0.323. The second-order valence-electron chi connectivity index (χ2n) is 10.0. The lowest BCUT2D eigenvalue weighted by Crippen LogP contribution is -2.56. The molecule has 0 atom stereocenters. The van der Waals surface area contributed by atoms with E-state index in [4.69, 9.17) is 0 Å². The highest BCUT2D eigenvalue weighted by Gasteiger charge is 2.50. The maximum Gasteiger partial charge on any atom is 0.247 e. The van der Waals surface area contributed by atoms with Crippen molar-refractivity contribution in [1.29, 1.82) is 0 Å². The Morgan fingerprint density at radius 1 is 0.800 bits per heavy atom. The van der Waals surface area contributed by atoms with Gasteiger partial charge in [0.2, 0.25) is 5.91 Å². The Morgan fingerprint density at radius 2 is 1.40 bits per heavy atom. The van der Waals surface area contributed by atoms with E-state index in [9.17, 15) is 4.79 Å². The summed E-state index contributed by atoms with van der Waals surface area (Å²) in [6.07, 6.45) is 7.40. The van der Waals surface area contributed by atoms with Crippen molar-refractivity contribution < 1.29 is 4.79 Å². The Labute approximate surface area is 208 Å². The molecule has 4 nitrogen and oxygen atoms in total. The van der Waals surface area contributed by atoms with Gasteiger partial charge in [-0.2, -0.15) is 0 Å². The topological polar surface area (TPSA) is 35.6 Å². The molecule has 3 aliphatic rings. The summed E-state index contributed by atoms with van der Waals surface area (Å²) in [6, 6.07) is 28.1. The molecule has 2 heterocycles. The van der Waals surface area contributed by atoms with Crippen molar-refractivity contribution in [3.8, 4) is 0 Å². The molecule has 2 aliphatic heterocycles. The number of hydrogen-bond acceptors (Lipinski definition) is 3. The zero-order valence-electron chi connectivity index (χ0n) is 20.2. The molecule has 3 aromatic rings. The number of carbonyl (C=O) groups is 1. The van der Waals surface area contributed by atoms with Crippen LogP contribution in [0.2, 0.25) is 0 Å². The summed E-state index contributed by atoms with van der Waals surface area (Å²) < 4.78 is 0. The molecular formula is C31H33N3O. The molecular weight excluding hydrogens is 430 g/mol. The molecule has 1 N–H and O–H groups in total. The number of piperidine rings is 1. The monoisotopic (exact) mass is 463 g/mol. The van der Waals surface area contributed by atoms with E-state index in [1.807, 2.05) is 6.07 Å². The van der Waals surface area contributed by atoms with Crippen molar-refractivity contribution >= 4 is 17.2 Å². The number of aryl methyl sites for hydroxylation is 2. The molecule has 0 radical (unpaired) electrons. The van der Waals surface area contributed by atoms with E-state index in [-0.39, 0.29) is 5.91 Å². The van der Waals surface area contributed by atoms with Gasteiger partial charge < -0.3 is 15.1 Å². The van der Waals surface area contributed by atoms with Crippen LogP contribution in [0.15, 0.2) is 84.9 Å². The fourth-order valence-corrected chi connectivity index (χ4v) is 6.21. The number of benzene rings is 3. The third-order valence-electron chi connectivity index (χ3n) is 8.16. The summed E-state index contributed by atoms with van der Waals surface area (Å²) in [7, 11) is 0. The first-order valence-corrected chi connectivity index (χ1v) is 12.9. The van der Waals surface area contributed by atoms with Crippen molar-refractivity contribution in [3.05, 3.63) is 107 Å². The van der Waals surface area contributed by atoms with Crippen LogP contribution in [0.1, 0.15) is 41.5 Å². The van der Waals surface area contributed by atoms with Gasteiger partial charge in [-0.1, -0.05) is 72.8 Å². The lowest BCUT2D eigenvalue weighted by molar-refractivity contribution is -0.125. The molecule has 1 aliphatic carbocycles. The van der Waals surface area contributed by atoms with Crippen molar-refractivity contribution in [3.63, 3.8) is 0 Å². The summed E-state index contributed by atoms with van der Waals surface area (Å²) in [6.45, 7) is 3.53. The van der Waals surface area contributed by atoms with Gasteiger partial charge in [0.1, 0.15) is 5.54 Å². The average Bonchev–Trinajstić information content (AvgIpc) is 3.13. The predicted molar refractivity (Wildman–Crippen MR) is 142 cm³/mol. The molecule has 2 fully saturated rings. The first kappa shape index (κ1) is 22.1. The van der Waals surface area contributed by atoms with Crippen LogP contribution in [0.3, 0.4) is 0 Å². The van der Waals surface area contributed by atoms with Crippen LogP contribution in [0, 0.1) is 0 Å². The third-order valence-corrected chi connectivity index (χ3v) is 8.16. The summed E-state index contributed by atoms with van der Waals surface area (Å²) in [4.78, 5) is 17.8. The number of para-hydroxylation sites is 1. The number of nitrogens with zero attached hydrogens (tertiary/aromatic N) is 2.